The van der Waals surface area contributed by atoms with Crippen LogP contribution in [0.15, 0.2) is 48.5 Å². The zero-order valence-corrected chi connectivity index (χ0v) is 15.2. The Hall–Kier alpha value is -2.82. The van der Waals surface area contributed by atoms with Gasteiger partial charge in [-0.3, -0.25) is 4.79 Å². The molecule has 1 aliphatic rings. The standard InChI is InChI=1S/C21H24N2O3/c1-3-26-20(24)14-19-18-7-5-4-6-16(18)12-13-23(19)21(25)22-17-10-8-15(2)9-11-17/h4-11,19H,3,12-14H2,1-2H3,(H,22,25)/t19-/m0/s1. The number of aryl methyl sites for hydroxylation is 1. The third-order valence-corrected chi connectivity index (χ3v) is 4.64. The van der Waals surface area contributed by atoms with Gasteiger partial charge in [-0.25, -0.2) is 4.79 Å². The van der Waals surface area contributed by atoms with E-state index < -0.39 is 0 Å². The molecule has 2 amide bonds. The summed E-state index contributed by atoms with van der Waals surface area (Å²) in [5.41, 5.74) is 4.08. The van der Waals surface area contributed by atoms with Crippen molar-refractivity contribution in [3.8, 4) is 0 Å². The van der Waals surface area contributed by atoms with Gasteiger partial charge in [-0.15, -0.1) is 0 Å². The van der Waals surface area contributed by atoms with Gasteiger partial charge in [0.25, 0.3) is 0 Å². The lowest BCUT2D eigenvalue weighted by Gasteiger charge is -2.37. The molecule has 136 valence electrons. The second kappa shape index (κ2) is 8.04. The third kappa shape index (κ3) is 4.04. The van der Waals surface area contributed by atoms with E-state index in [1.165, 1.54) is 5.56 Å². The molecule has 26 heavy (non-hydrogen) atoms. The minimum Gasteiger partial charge on any atom is -0.466 e. The molecular formula is C21H24N2O3. The highest BCUT2D eigenvalue weighted by Crippen LogP contribution is 2.33. The molecule has 0 bridgehead atoms. The van der Waals surface area contributed by atoms with E-state index in [4.69, 9.17) is 4.74 Å². The molecule has 0 saturated heterocycles. The van der Waals surface area contributed by atoms with Crippen LogP contribution in [-0.2, 0) is 16.0 Å². The maximum absolute atomic E-state index is 12.9. The highest BCUT2D eigenvalue weighted by molar-refractivity contribution is 5.90. The fourth-order valence-corrected chi connectivity index (χ4v) is 3.32. The Morgan fingerprint density at radius 2 is 1.88 bits per heavy atom. The number of carbonyl (C=O) groups excluding carboxylic acids is 2. The maximum atomic E-state index is 12.9. The van der Waals surface area contributed by atoms with Gasteiger partial charge in [0.15, 0.2) is 0 Å². The molecule has 1 atom stereocenters. The lowest BCUT2D eigenvalue weighted by Crippen LogP contribution is -2.43. The lowest BCUT2D eigenvalue weighted by atomic mass is 9.91. The summed E-state index contributed by atoms with van der Waals surface area (Å²) in [5.74, 6) is -0.290. The number of anilines is 1. The lowest BCUT2D eigenvalue weighted by molar-refractivity contribution is -0.144. The van der Waals surface area contributed by atoms with E-state index in [1.54, 1.807) is 11.8 Å². The van der Waals surface area contributed by atoms with Crippen molar-refractivity contribution in [2.45, 2.75) is 32.7 Å². The summed E-state index contributed by atoms with van der Waals surface area (Å²) in [7, 11) is 0. The quantitative estimate of drug-likeness (QED) is 0.844. The van der Waals surface area contributed by atoms with Crippen LogP contribution in [0.1, 0.15) is 36.1 Å². The number of amides is 2. The summed E-state index contributed by atoms with van der Waals surface area (Å²) in [5, 5.41) is 2.94. The van der Waals surface area contributed by atoms with E-state index in [0.717, 1.165) is 23.2 Å². The number of esters is 1. The number of hydrogen-bond donors (Lipinski definition) is 1. The van der Waals surface area contributed by atoms with E-state index in [9.17, 15) is 9.59 Å². The number of benzene rings is 2. The van der Waals surface area contributed by atoms with Gasteiger partial charge < -0.3 is 15.0 Å². The van der Waals surface area contributed by atoms with Crippen LogP contribution in [0.25, 0.3) is 0 Å². The second-order valence-electron chi connectivity index (χ2n) is 6.46. The Kier molecular flexibility index (Phi) is 5.56. The predicted octanol–water partition coefficient (Wildman–Crippen LogP) is 4.08. The molecule has 2 aromatic rings. The molecule has 1 N–H and O–H groups in total. The maximum Gasteiger partial charge on any atom is 0.322 e. The minimum absolute atomic E-state index is 0.159. The van der Waals surface area contributed by atoms with Gasteiger partial charge in [-0.05, 0) is 43.5 Å². The molecule has 0 fully saturated rings. The number of fused-ring (bicyclic) bond motifs is 1. The number of rotatable bonds is 4. The number of carbonyl (C=O) groups is 2. The normalized spacial score (nSPS) is 15.9. The minimum atomic E-state index is -0.315. The first kappa shape index (κ1) is 18.0. The van der Waals surface area contributed by atoms with Gasteiger partial charge in [0.05, 0.1) is 19.1 Å². The third-order valence-electron chi connectivity index (χ3n) is 4.64. The highest BCUT2D eigenvalue weighted by Gasteiger charge is 2.32. The smallest absolute Gasteiger partial charge is 0.322 e. The molecule has 2 aromatic carbocycles. The highest BCUT2D eigenvalue weighted by atomic mass is 16.5. The number of nitrogens with one attached hydrogen (secondary N) is 1. The topological polar surface area (TPSA) is 58.6 Å². The van der Waals surface area contributed by atoms with Crippen LogP contribution >= 0.6 is 0 Å². The molecule has 0 radical (unpaired) electrons. The average molecular weight is 352 g/mol. The summed E-state index contributed by atoms with van der Waals surface area (Å²) in [6.45, 7) is 4.69. The predicted molar refractivity (Wildman–Crippen MR) is 101 cm³/mol. The van der Waals surface area contributed by atoms with Gasteiger partial charge in [-0.1, -0.05) is 42.0 Å². The Morgan fingerprint density at radius 1 is 1.15 bits per heavy atom. The number of hydrogen-bond acceptors (Lipinski definition) is 3. The van der Waals surface area contributed by atoms with Crippen molar-refractivity contribution < 1.29 is 14.3 Å². The van der Waals surface area contributed by atoms with Crippen LogP contribution in [0.3, 0.4) is 0 Å². The Bertz CT molecular complexity index is 786. The van der Waals surface area contributed by atoms with E-state index in [2.05, 4.69) is 11.4 Å². The summed E-state index contributed by atoms with van der Waals surface area (Å²) in [6, 6.07) is 15.1. The molecule has 0 unspecified atom stereocenters. The van der Waals surface area contributed by atoms with Crippen molar-refractivity contribution in [3.63, 3.8) is 0 Å². The first-order valence-corrected chi connectivity index (χ1v) is 8.96. The average Bonchev–Trinajstić information content (AvgIpc) is 2.64. The number of nitrogens with zero attached hydrogens (tertiary/aromatic N) is 1. The molecular weight excluding hydrogens is 328 g/mol. The zero-order valence-electron chi connectivity index (χ0n) is 15.2. The van der Waals surface area contributed by atoms with Gasteiger partial charge >= 0.3 is 12.0 Å². The first-order valence-electron chi connectivity index (χ1n) is 8.96. The van der Waals surface area contributed by atoms with Crippen LogP contribution in [0.2, 0.25) is 0 Å². The molecule has 1 aliphatic heterocycles. The largest absolute Gasteiger partial charge is 0.466 e. The molecule has 0 spiro atoms. The summed E-state index contributed by atoms with van der Waals surface area (Å²) in [6.07, 6.45) is 0.934. The SMILES string of the molecule is CCOC(=O)C[C@H]1c2ccccc2CCN1C(=O)Nc1ccc(C)cc1. The van der Waals surface area contributed by atoms with Crippen LogP contribution in [0, 0.1) is 6.92 Å². The monoisotopic (exact) mass is 352 g/mol. The molecule has 3 rings (SSSR count). The van der Waals surface area contributed by atoms with Crippen molar-refractivity contribution in [1.82, 2.24) is 4.90 Å². The molecule has 0 aromatic heterocycles. The molecule has 5 heteroatoms. The molecule has 0 aliphatic carbocycles. The molecule has 5 nitrogen and oxygen atoms in total. The Labute approximate surface area is 154 Å². The van der Waals surface area contributed by atoms with Crippen molar-refractivity contribution >= 4 is 17.7 Å². The fraction of sp³-hybridized carbons (Fsp3) is 0.333. The van der Waals surface area contributed by atoms with E-state index in [1.807, 2.05) is 49.4 Å². The van der Waals surface area contributed by atoms with Crippen molar-refractivity contribution in [1.29, 1.82) is 0 Å². The summed E-state index contributed by atoms with van der Waals surface area (Å²) >= 11 is 0. The zero-order chi connectivity index (χ0) is 18.5. The van der Waals surface area contributed by atoms with Gasteiger partial charge in [0, 0.05) is 12.2 Å². The van der Waals surface area contributed by atoms with E-state index in [0.29, 0.717) is 13.2 Å². The van der Waals surface area contributed by atoms with Gasteiger partial charge in [0.2, 0.25) is 0 Å². The first-order chi connectivity index (χ1) is 12.6. The van der Waals surface area contributed by atoms with Crippen LogP contribution in [0.4, 0.5) is 10.5 Å². The van der Waals surface area contributed by atoms with Gasteiger partial charge in [0.1, 0.15) is 0 Å². The molecule has 0 saturated carbocycles. The van der Waals surface area contributed by atoms with Gasteiger partial charge in [-0.2, -0.15) is 0 Å². The number of urea groups is 1. The summed E-state index contributed by atoms with van der Waals surface area (Å²) < 4.78 is 5.12. The van der Waals surface area contributed by atoms with Crippen molar-refractivity contribution in [3.05, 3.63) is 65.2 Å². The van der Waals surface area contributed by atoms with E-state index in [-0.39, 0.29) is 24.5 Å². The Balaban J connectivity index is 1.82. The van der Waals surface area contributed by atoms with E-state index >= 15 is 0 Å². The fourth-order valence-electron chi connectivity index (χ4n) is 3.32. The van der Waals surface area contributed by atoms with Crippen LogP contribution in [0.5, 0.6) is 0 Å². The number of ether oxygens (including phenoxy) is 1. The summed E-state index contributed by atoms with van der Waals surface area (Å²) in [4.78, 5) is 26.7. The van der Waals surface area contributed by atoms with Crippen LogP contribution in [-0.4, -0.2) is 30.1 Å². The molecule has 1 heterocycles. The van der Waals surface area contributed by atoms with Crippen molar-refractivity contribution in [2.75, 3.05) is 18.5 Å². The van der Waals surface area contributed by atoms with Crippen LogP contribution < -0.4 is 5.32 Å². The Morgan fingerprint density at radius 3 is 2.62 bits per heavy atom. The second-order valence-corrected chi connectivity index (χ2v) is 6.46. The van der Waals surface area contributed by atoms with Crippen molar-refractivity contribution in [2.24, 2.45) is 0 Å².